The van der Waals surface area contributed by atoms with Crippen LogP contribution in [-0.4, -0.2) is 29.8 Å². The van der Waals surface area contributed by atoms with Crippen molar-refractivity contribution in [2.75, 3.05) is 5.73 Å². The van der Waals surface area contributed by atoms with E-state index in [1.807, 2.05) is 36.3 Å². The van der Waals surface area contributed by atoms with E-state index >= 15 is 0 Å². The van der Waals surface area contributed by atoms with Crippen LogP contribution in [0.5, 0.6) is 5.75 Å². The minimum atomic E-state index is -0.239. The lowest BCUT2D eigenvalue weighted by Crippen LogP contribution is -2.10. The Kier molecular flexibility index (Phi) is 4.50. The van der Waals surface area contributed by atoms with E-state index in [1.165, 1.54) is 0 Å². The van der Waals surface area contributed by atoms with Crippen LogP contribution in [-0.2, 0) is 20.0 Å². The summed E-state index contributed by atoms with van der Waals surface area (Å²) in [6.45, 7) is 6.85. The van der Waals surface area contributed by atoms with Gasteiger partial charge < -0.3 is 10.5 Å². The maximum atomic E-state index is 6.35. The first-order chi connectivity index (χ1) is 14.9. The van der Waals surface area contributed by atoms with Crippen LogP contribution in [0.2, 0.25) is 0 Å². The van der Waals surface area contributed by atoms with E-state index in [9.17, 15) is 0 Å². The third-order valence-electron chi connectivity index (χ3n) is 5.73. The number of hydrogen-bond donors (Lipinski definition) is 1. The number of nitrogens with two attached hydrogens (primary N) is 1. The number of nitrogens with zero attached hydrogens (tertiary/aromatic N) is 6. The van der Waals surface area contributed by atoms with E-state index in [1.54, 1.807) is 6.20 Å². The van der Waals surface area contributed by atoms with Crippen LogP contribution in [0.1, 0.15) is 42.3 Å². The summed E-state index contributed by atoms with van der Waals surface area (Å²) in [5.74, 6) is 0.909. The maximum absolute atomic E-state index is 6.35. The average molecular weight is 416 g/mol. The molecule has 8 nitrogen and oxygen atoms in total. The van der Waals surface area contributed by atoms with Crippen molar-refractivity contribution in [3.8, 4) is 28.3 Å². The number of pyridine rings is 1. The molecule has 0 unspecified atom stereocenters. The standard InChI is InChI=1S/C23H25N7O/c1-5-30-22-15-10-20(23(24)25-11-15)31-14(3)18-8-13(2)6-7-17(18)21-16(12-29(4)27-21)9-19(22)26-28-30/h6-8,10-12,14H,5,9H2,1-4H3,(H2,24,25)/t14-/m1/s1. The maximum Gasteiger partial charge on any atom is 0.166 e. The summed E-state index contributed by atoms with van der Waals surface area (Å²) in [5.41, 5.74) is 14.1. The summed E-state index contributed by atoms with van der Waals surface area (Å²) < 4.78 is 10.1. The van der Waals surface area contributed by atoms with Crippen molar-refractivity contribution in [3.63, 3.8) is 0 Å². The van der Waals surface area contributed by atoms with E-state index in [4.69, 9.17) is 15.6 Å². The lowest BCUT2D eigenvalue weighted by atomic mass is 9.94. The molecule has 3 aromatic heterocycles. The number of anilines is 1. The molecule has 1 aliphatic rings. The predicted octanol–water partition coefficient (Wildman–Crippen LogP) is 3.70. The number of ether oxygens (including phenoxy) is 1. The molecule has 0 fully saturated rings. The summed E-state index contributed by atoms with van der Waals surface area (Å²) in [6, 6.07) is 8.31. The SMILES string of the molecule is CCn1nnc2c1-c1cnc(N)c(c1)O[C@H](C)c1cc(C)ccc1-c1nn(C)cc1C2. The summed E-state index contributed by atoms with van der Waals surface area (Å²) >= 11 is 0. The zero-order chi connectivity index (χ0) is 21.7. The molecule has 1 atom stereocenters. The Labute approximate surface area is 180 Å². The second-order valence-electron chi connectivity index (χ2n) is 8.01. The molecular formula is C23H25N7O. The van der Waals surface area contributed by atoms with Gasteiger partial charge in [-0.1, -0.05) is 29.0 Å². The normalized spacial score (nSPS) is 15.2. The van der Waals surface area contributed by atoms with Gasteiger partial charge in [-0.05, 0) is 26.8 Å². The second-order valence-corrected chi connectivity index (χ2v) is 8.01. The van der Waals surface area contributed by atoms with E-state index in [0.717, 1.165) is 44.9 Å². The van der Waals surface area contributed by atoms with Gasteiger partial charge >= 0.3 is 0 Å². The van der Waals surface area contributed by atoms with Gasteiger partial charge in [0.15, 0.2) is 11.6 Å². The fraction of sp³-hybridized carbons (Fsp3) is 0.304. The van der Waals surface area contributed by atoms with Crippen LogP contribution in [0.4, 0.5) is 5.82 Å². The zero-order valence-corrected chi connectivity index (χ0v) is 18.1. The molecule has 0 radical (unpaired) electrons. The molecule has 1 aromatic carbocycles. The largest absolute Gasteiger partial charge is 0.482 e. The van der Waals surface area contributed by atoms with Gasteiger partial charge in [0.25, 0.3) is 0 Å². The van der Waals surface area contributed by atoms with Crippen LogP contribution >= 0.6 is 0 Å². The van der Waals surface area contributed by atoms with Crippen LogP contribution in [0, 0.1) is 6.92 Å². The van der Waals surface area contributed by atoms with Gasteiger partial charge in [-0.25, -0.2) is 9.67 Å². The molecule has 0 saturated carbocycles. The molecule has 4 aromatic rings. The molecule has 5 rings (SSSR count). The highest BCUT2D eigenvalue weighted by molar-refractivity contribution is 5.71. The molecule has 31 heavy (non-hydrogen) atoms. The van der Waals surface area contributed by atoms with Crippen LogP contribution in [0.3, 0.4) is 0 Å². The number of aryl methyl sites for hydroxylation is 3. The molecule has 0 aliphatic carbocycles. The van der Waals surface area contributed by atoms with Gasteiger partial charge in [-0.15, -0.1) is 5.10 Å². The zero-order valence-electron chi connectivity index (χ0n) is 18.1. The number of fused-ring (bicyclic) bond motifs is 7. The van der Waals surface area contributed by atoms with Crippen molar-refractivity contribution in [1.29, 1.82) is 0 Å². The Bertz CT molecular complexity index is 1290. The molecule has 2 N–H and O–H groups in total. The van der Waals surface area contributed by atoms with Crippen molar-refractivity contribution >= 4 is 5.82 Å². The quantitative estimate of drug-likeness (QED) is 0.509. The van der Waals surface area contributed by atoms with Crippen LogP contribution < -0.4 is 10.5 Å². The first-order valence-corrected chi connectivity index (χ1v) is 10.4. The number of benzene rings is 1. The highest BCUT2D eigenvalue weighted by Crippen LogP contribution is 2.38. The van der Waals surface area contributed by atoms with E-state index in [-0.39, 0.29) is 6.10 Å². The lowest BCUT2D eigenvalue weighted by Gasteiger charge is -2.21. The molecular weight excluding hydrogens is 390 g/mol. The fourth-order valence-electron chi connectivity index (χ4n) is 4.25. The Morgan fingerprint density at radius 1 is 1.26 bits per heavy atom. The van der Waals surface area contributed by atoms with Crippen molar-refractivity contribution in [3.05, 3.63) is 59.0 Å². The van der Waals surface area contributed by atoms with Crippen molar-refractivity contribution in [1.82, 2.24) is 29.8 Å². The minimum Gasteiger partial charge on any atom is -0.482 e. The lowest BCUT2D eigenvalue weighted by molar-refractivity contribution is 0.228. The third kappa shape index (κ3) is 3.24. The number of hydrogen-bond acceptors (Lipinski definition) is 6. The topological polar surface area (TPSA) is 96.7 Å². The van der Waals surface area contributed by atoms with Gasteiger partial charge in [0.05, 0.1) is 17.1 Å². The fourth-order valence-corrected chi connectivity index (χ4v) is 4.25. The third-order valence-corrected chi connectivity index (χ3v) is 5.73. The Morgan fingerprint density at radius 2 is 2.10 bits per heavy atom. The Hall–Kier alpha value is -3.68. The average Bonchev–Trinajstić information content (AvgIpc) is 3.32. The monoisotopic (exact) mass is 415 g/mol. The second kappa shape index (κ2) is 7.23. The first kappa shape index (κ1) is 19.3. The highest BCUT2D eigenvalue weighted by Gasteiger charge is 2.24. The van der Waals surface area contributed by atoms with Crippen LogP contribution in [0.25, 0.3) is 22.5 Å². The van der Waals surface area contributed by atoms with Crippen LogP contribution in [0.15, 0.2) is 36.7 Å². The van der Waals surface area contributed by atoms with Crippen molar-refractivity contribution in [2.45, 2.75) is 39.8 Å². The molecule has 2 bridgehead atoms. The number of aromatic nitrogens is 6. The summed E-state index contributed by atoms with van der Waals surface area (Å²) in [4.78, 5) is 4.41. The van der Waals surface area contributed by atoms with Crippen molar-refractivity contribution < 1.29 is 4.74 Å². The summed E-state index contributed by atoms with van der Waals surface area (Å²) in [5, 5.41) is 13.7. The first-order valence-electron chi connectivity index (χ1n) is 10.4. The van der Waals surface area contributed by atoms with Gasteiger partial charge in [-0.2, -0.15) is 5.10 Å². The van der Waals surface area contributed by atoms with Gasteiger partial charge in [0.2, 0.25) is 0 Å². The molecule has 0 amide bonds. The smallest absolute Gasteiger partial charge is 0.166 e. The minimum absolute atomic E-state index is 0.239. The Balaban J connectivity index is 1.81. The van der Waals surface area contributed by atoms with Gasteiger partial charge in [0.1, 0.15) is 6.10 Å². The molecule has 0 spiro atoms. The van der Waals surface area contributed by atoms with E-state index < -0.39 is 0 Å². The highest BCUT2D eigenvalue weighted by atomic mass is 16.5. The summed E-state index contributed by atoms with van der Waals surface area (Å²) in [7, 11) is 1.94. The van der Waals surface area contributed by atoms with Gasteiger partial charge in [0, 0.05) is 54.7 Å². The number of nitrogen functional groups attached to an aromatic ring is 1. The molecule has 8 heteroatoms. The Morgan fingerprint density at radius 3 is 2.90 bits per heavy atom. The van der Waals surface area contributed by atoms with E-state index in [2.05, 4.69) is 46.6 Å². The molecule has 4 heterocycles. The van der Waals surface area contributed by atoms with E-state index in [0.29, 0.717) is 24.5 Å². The molecule has 1 aliphatic heterocycles. The predicted molar refractivity (Wildman–Crippen MR) is 119 cm³/mol. The van der Waals surface area contributed by atoms with Crippen molar-refractivity contribution in [2.24, 2.45) is 7.05 Å². The molecule has 158 valence electrons. The molecule has 0 saturated heterocycles. The summed E-state index contributed by atoms with van der Waals surface area (Å²) in [6.07, 6.45) is 4.19. The van der Waals surface area contributed by atoms with Gasteiger partial charge in [-0.3, -0.25) is 4.68 Å². The number of rotatable bonds is 1.